The van der Waals surface area contributed by atoms with E-state index in [2.05, 4.69) is 26.2 Å². The summed E-state index contributed by atoms with van der Waals surface area (Å²) >= 11 is 4.55. The summed E-state index contributed by atoms with van der Waals surface area (Å²) in [5.41, 5.74) is 1.89. The fourth-order valence-electron chi connectivity index (χ4n) is 2.21. The first kappa shape index (κ1) is 18.4. The number of carbonyl (C=O) groups excluding carboxylic acids is 2. The molecule has 2 aromatic carbocycles. The monoisotopic (exact) mass is 430 g/mol. The summed E-state index contributed by atoms with van der Waals surface area (Å²) < 4.78 is 6.84. The minimum Gasteiger partial charge on any atom is -0.489 e. The lowest BCUT2D eigenvalue weighted by molar-refractivity contribution is -0.117. The van der Waals surface area contributed by atoms with E-state index < -0.39 is 0 Å². The normalized spacial score (nSPS) is 15.1. The highest BCUT2D eigenvalue weighted by molar-refractivity contribution is 9.10. The number of thioether (sulfide) groups is 1. The molecule has 132 valence electrons. The van der Waals surface area contributed by atoms with Gasteiger partial charge in [0.15, 0.2) is 5.17 Å². The standard InChI is InChI=1S/C19H15BrN2O3S/c1-12(23)21-19-22-18(24)17(26-19)10-14-3-2-4-16(9-14)25-11-13-5-7-15(20)8-6-13/h2-10H,11H2,1H3,(H,21,22,23,24)/b17-10-. The lowest BCUT2D eigenvalue weighted by Gasteiger charge is -2.07. The first-order valence-corrected chi connectivity index (χ1v) is 9.38. The molecular formula is C19H15BrN2O3S. The molecule has 1 N–H and O–H groups in total. The molecule has 0 aromatic heterocycles. The Morgan fingerprint density at radius 2 is 2.04 bits per heavy atom. The average molecular weight is 431 g/mol. The van der Waals surface area contributed by atoms with Crippen LogP contribution in [0.15, 0.2) is 62.9 Å². The maximum Gasteiger partial charge on any atom is 0.286 e. The van der Waals surface area contributed by atoms with E-state index in [1.807, 2.05) is 48.5 Å². The van der Waals surface area contributed by atoms with Crippen LogP contribution < -0.4 is 10.1 Å². The zero-order valence-corrected chi connectivity index (χ0v) is 16.3. The van der Waals surface area contributed by atoms with Crippen LogP contribution in [0.5, 0.6) is 5.75 Å². The molecule has 0 bridgehead atoms. The number of amidine groups is 1. The summed E-state index contributed by atoms with van der Waals surface area (Å²) in [6.07, 6.45) is 1.73. The van der Waals surface area contributed by atoms with Crippen molar-refractivity contribution in [2.75, 3.05) is 0 Å². The van der Waals surface area contributed by atoms with Gasteiger partial charge < -0.3 is 10.1 Å². The van der Waals surface area contributed by atoms with Crippen molar-refractivity contribution in [3.05, 3.63) is 69.0 Å². The molecule has 0 fully saturated rings. The van der Waals surface area contributed by atoms with Gasteiger partial charge in [-0.2, -0.15) is 4.99 Å². The van der Waals surface area contributed by atoms with Gasteiger partial charge >= 0.3 is 0 Å². The molecule has 0 saturated carbocycles. The van der Waals surface area contributed by atoms with Gasteiger partial charge in [-0.05, 0) is 53.2 Å². The topological polar surface area (TPSA) is 67.8 Å². The summed E-state index contributed by atoms with van der Waals surface area (Å²) in [4.78, 5) is 27.3. The number of hydrogen-bond acceptors (Lipinski definition) is 4. The lowest BCUT2D eigenvalue weighted by atomic mass is 10.2. The number of halogens is 1. The average Bonchev–Trinajstić information content (AvgIpc) is 2.93. The van der Waals surface area contributed by atoms with E-state index in [0.29, 0.717) is 22.4 Å². The third kappa shape index (κ3) is 5.06. The number of nitrogens with zero attached hydrogens (tertiary/aromatic N) is 1. The highest BCUT2D eigenvalue weighted by atomic mass is 79.9. The number of hydrogen-bond donors (Lipinski definition) is 1. The maximum atomic E-state index is 11.9. The van der Waals surface area contributed by atoms with Crippen LogP contribution in [0, 0.1) is 0 Å². The van der Waals surface area contributed by atoms with E-state index in [4.69, 9.17) is 4.74 Å². The maximum absolute atomic E-state index is 11.9. The van der Waals surface area contributed by atoms with Gasteiger partial charge in [0.1, 0.15) is 12.4 Å². The number of rotatable bonds is 4. The second-order valence-corrected chi connectivity index (χ2v) is 7.45. The number of aliphatic imine (C=N–C) groups is 1. The predicted molar refractivity (Wildman–Crippen MR) is 107 cm³/mol. The van der Waals surface area contributed by atoms with Gasteiger partial charge in [0.2, 0.25) is 5.91 Å². The first-order chi connectivity index (χ1) is 12.5. The molecule has 0 atom stereocenters. The van der Waals surface area contributed by atoms with Gasteiger partial charge in [-0.25, -0.2) is 0 Å². The molecule has 0 spiro atoms. The van der Waals surface area contributed by atoms with Crippen LogP contribution in [0.3, 0.4) is 0 Å². The summed E-state index contributed by atoms with van der Waals surface area (Å²) in [5, 5.41) is 2.83. The molecule has 3 rings (SSSR count). The van der Waals surface area contributed by atoms with E-state index >= 15 is 0 Å². The Kier molecular flexibility index (Phi) is 5.90. The fourth-order valence-corrected chi connectivity index (χ4v) is 3.33. The van der Waals surface area contributed by atoms with Crippen LogP contribution in [-0.2, 0) is 16.2 Å². The minimum atomic E-state index is -0.361. The van der Waals surface area contributed by atoms with Crippen LogP contribution >= 0.6 is 27.7 Å². The first-order valence-electron chi connectivity index (χ1n) is 7.77. The molecule has 0 saturated heterocycles. The Balaban J connectivity index is 1.67. The zero-order valence-electron chi connectivity index (χ0n) is 13.9. The van der Waals surface area contributed by atoms with Crippen molar-refractivity contribution in [3.63, 3.8) is 0 Å². The highest BCUT2D eigenvalue weighted by Crippen LogP contribution is 2.28. The van der Waals surface area contributed by atoms with Crippen molar-refractivity contribution in [2.24, 2.45) is 4.99 Å². The van der Waals surface area contributed by atoms with Gasteiger partial charge in [0.25, 0.3) is 5.91 Å². The third-order valence-corrected chi connectivity index (χ3v) is 4.81. The van der Waals surface area contributed by atoms with Crippen molar-refractivity contribution < 1.29 is 14.3 Å². The van der Waals surface area contributed by atoms with E-state index in [1.54, 1.807) is 6.08 Å². The van der Waals surface area contributed by atoms with Crippen LogP contribution in [0.2, 0.25) is 0 Å². The Labute approximate surface area is 163 Å². The molecule has 0 unspecified atom stereocenters. The summed E-state index contributed by atoms with van der Waals surface area (Å²) in [6, 6.07) is 15.4. The smallest absolute Gasteiger partial charge is 0.286 e. The number of amides is 2. The number of nitrogens with one attached hydrogen (secondary N) is 1. The highest BCUT2D eigenvalue weighted by Gasteiger charge is 2.22. The molecular weight excluding hydrogens is 416 g/mol. The van der Waals surface area contributed by atoms with E-state index in [0.717, 1.165) is 27.4 Å². The number of benzene rings is 2. The molecule has 1 aliphatic rings. The quantitative estimate of drug-likeness (QED) is 0.740. The van der Waals surface area contributed by atoms with E-state index in [9.17, 15) is 9.59 Å². The molecule has 2 amide bonds. The summed E-state index contributed by atoms with van der Waals surface area (Å²) in [6.45, 7) is 1.83. The third-order valence-electron chi connectivity index (χ3n) is 3.38. The Bertz CT molecular complexity index is 907. The zero-order chi connectivity index (χ0) is 18.5. The Hall–Kier alpha value is -2.38. The van der Waals surface area contributed by atoms with Gasteiger partial charge in [-0.3, -0.25) is 9.59 Å². The van der Waals surface area contributed by atoms with Gasteiger partial charge in [-0.15, -0.1) is 0 Å². The summed E-state index contributed by atoms with van der Waals surface area (Å²) in [5.74, 6) is 0.0919. The van der Waals surface area contributed by atoms with Crippen molar-refractivity contribution >= 4 is 50.7 Å². The minimum absolute atomic E-state index is 0.256. The van der Waals surface area contributed by atoms with Crippen molar-refractivity contribution in [2.45, 2.75) is 13.5 Å². The van der Waals surface area contributed by atoms with Crippen molar-refractivity contribution in [1.29, 1.82) is 0 Å². The van der Waals surface area contributed by atoms with E-state index in [1.165, 1.54) is 6.92 Å². The SMILES string of the molecule is CC(=O)NC1=NC(=O)/C(=C/c2cccc(OCc3ccc(Br)cc3)c2)S1. The van der Waals surface area contributed by atoms with Gasteiger partial charge in [-0.1, -0.05) is 40.2 Å². The molecule has 0 radical (unpaired) electrons. The molecule has 7 heteroatoms. The molecule has 5 nitrogen and oxygen atoms in total. The second-order valence-electron chi connectivity index (χ2n) is 5.50. The molecule has 0 aliphatic carbocycles. The van der Waals surface area contributed by atoms with Crippen LogP contribution in [0.4, 0.5) is 0 Å². The second kappa shape index (κ2) is 8.33. The fraction of sp³-hybridized carbons (Fsp3) is 0.105. The van der Waals surface area contributed by atoms with Crippen LogP contribution in [0.1, 0.15) is 18.1 Å². The van der Waals surface area contributed by atoms with E-state index in [-0.39, 0.29) is 11.8 Å². The van der Waals surface area contributed by atoms with Crippen molar-refractivity contribution in [1.82, 2.24) is 5.32 Å². The molecule has 26 heavy (non-hydrogen) atoms. The Morgan fingerprint density at radius 1 is 1.27 bits per heavy atom. The van der Waals surface area contributed by atoms with Gasteiger partial charge in [0.05, 0.1) is 4.91 Å². The van der Waals surface area contributed by atoms with Crippen molar-refractivity contribution in [3.8, 4) is 5.75 Å². The molecule has 1 aliphatic heterocycles. The lowest BCUT2D eigenvalue weighted by Crippen LogP contribution is -2.23. The number of carbonyl (C=O) groups is 2. The number of ether oxygens (including phenoxy) is 1. The summed E-state index contributed by atoms with van der Waals surface area (Å²) in [7, 11) is 0. The predicted octanol–water partition coefficient (Wildman–Crippen LogP) is 4.13. The Morgan fingerprint density at radius 3 is 2.77 bits per heavy atom. The van der Waals surface area contributed by atoms with Gasteiger partial charge in [0, 0.05) is 11.4 Å². The molecule has 1 heterocycles. The van der Waals surface area contributed by atoms with Crippen LogP contribution in [0.25, 0.3) is 6.08 Å². The largest absolute Gasteiger partial charge is 0.489 e. The van der Waals surface area contributed by atoms with Crippen LogP contribution in [-0.4, -0.2) is 17.0 Å². The molecule has 2 aromatic rings.